The number of benzene rings is 2. The normalized spacial score (nSPS) is 11.4. The molecule has 1 unspecified atom stereocenters. The summed E-state index contributed by atoms with van der Waals surface area (Å²) in [4.78, 5) is 36.6. The van der Waals surface area contributed by atoms with Gasteiger partial charge in [-0.3, -0.25) is 9.59 Å². The molecule has 0 aliphatic carbocycles. The van der Waals surface area contributed by atoms with Gasteiger partial charge in [-0.25, -0.2) is 9.48 Å². The third kappa shape index (κ3) is 6.16. The van der Waals surface area contributed by atoms with Crippen LogP contribution in [0.25, 0.3) is 0 Å². The van der Waals surface area contributed by atoms with Crippen molar-refractivity contribution < 1.29 is 24.2 Å². The maximum atomic E-state index is 12.2. The number of amides is 2. The zero-order valence-corrected chi connectivity index (χ0v) is 17.7. The molecule has 3 rings (SSSR count). The Kier molecular flexibility index (Phi) is 7.96. The van der Waals surface area contributed by atoms with Crippen molar-refractivity contribution in [2.75, 3.05) is 18.5 Å². The van der Waals surface area contributed by atoms with E-state index in [9.17, 15) is 19.5 Å². The Labute approximate surface area is 189 Å². The number of carbonyl (C=O) groups is 3. The van der Waals surface area contributed by atoms with Crippen LogP contribution < -0.4 is 10.6 Å². The van der Waals surface area contributed by atoms with Gasteiger partial charge >= 0.3 is 5.97 Å². The number of aliphatic hydroxyl groups is 1. The van der Waals surface area contributed by atoms with E-state index in [-0.39, 0.29) is 0 Å². The van der Waals surface area contributed by atoms with Gasteiger partial charge in [-0.2, -0.15) is 5.10 Å². The first-order chi connectivity index (χ1) is 15.5. The molecule has 0 aliphatic rings. The zero-order valence-electron chi connectivity index (χ0n) is 16.9. The number of nitrogens with one attached hydrogen (secondary N) is 2. The molecule has 1 aromatic heterocycles. The molecule has 1 atom stereocenters. The molecule has 0 saturated heterocycles. The Morgan fingerprint density at radius 2 is 1.78 bits per heavy atom. The van der Waals surface area contributed by atoms with Crippen LogP contribution in [-0.4, -0.2) is 51.9 Å². The molecule has 2 amide bonds. The number of anilines is 1. The molecule has 1 heterocycles. The van der Waals surface area contributed by atoms with Crippen molar-refractivity contribution in [2.45, 2.75) is 12.6 Å². The van der Waals surface area contributed by atoms with E-state index < -0.39 is 37.0 Å². The summed E-state index contributed by atoms with van der Waals surface area (Å²) in [5.74, 6) is -1.70. The SMILES string of the molecule is O=C(COC(=O)C(CO)NC(=O)c1ccccc1)Nc1ccnn1Cc1ccccc1Cl. The first-order valence-corrected chi connectivity index (χ1v) is 10.0. The average molecular weight is 457 g/mol. The highest BCUT2D eigenvalue weighted by molar-refractivity contribution is 6.31. The third-order valence-corrected chi connectivity index (χ3v) is 4.78. The van der Waals surface area contributed by atoms with E-state index in [0.717, 1.165) is 5.56 Å². The monoisotopic (exact) mass is 456 g/mol. The van der Waals surface area contributed by atoms with Crippen LogP contribution in [0.1, 0.15) is 15.9 Å². The second-order valence-electron chi connectivity index (χ2n) is 6.70. The second-order valence-corrected chi connectivity index (χ2v) is 7.10. The van der Waals surface area contributed by atoms with E-state index in [1.807, 2.05) is 18.2 Å². The van der Waals surface area contributed by atoms with Gasteiger partial charge in [0.2, 0.25) is 0 Å². The number of halogens is 1. The van der Waals surface area contributed by atoms with Crippen LogP contribution in [0.5, 0.6) is 0 Å². The van der Waals surface area contributed by atoms with Crippen molar-refractivity contribution in [3.8, 4) is 0 Å². The van der Waals surface area contributed by atoms with Crippen LogP contribution in [0.15, 0.2) is 66.9 Å². The van der Waals surface area contributed by atoms with Gasteiger partial charge in [0.05, 0.1) is 19.3 Å². The predicted octanol–water partition coefficient (Wildman–Crippen LogP) is 1.86. The molecule has 0 fully saturated rings. The summed E-state index contributed by atoms with van der Waals surface area (Å²) in [7, 11) is 0. The Morgan fingerprint density at radius 1 is 1.06 bits per heavy atom. The smallest absolute Gasteiger partial charge is 0.331 e. The van der Waals surface area contributed by atoms with Gasteiger partial charge in [-0.15, -0.1) is 0 Å². The molecular weight excluding hydrogens is 436 g/mol. The van der Waals surface area contributed by atoms with Crippen molar-refractivity contribution in [2.24, 2.45) is 0 Å². The zero-order chi connectivity index (χ0) is 22.9. The standard InChI is InChI=1S/C22H21ClN4O5/c23-17-9-5-4-8-16(17)12-27-19(10-11-24-27)26-20(29)14-32-22(31)18(13-28)25-21(30)15-6-2-1-3-7-15/h1-11,18,28H,12-14H2,(H,25,30)(H,26,29). The fourth-order valence-electron chi connectivity index (χ4n) is 2.78. The Morgan fingerprint density at radius 3 is 2.50 bits per heavy atom. The minimum atomic E-state index is -1.30. The lowest BCUT2D eigenvalue weighted by Crippen LogP contribution is -2.45. The van der Waals surface area contributed by atoms with Crippen molar-refractivity contribution in [3.05, 3.63) is 83.0 Å². The molecule has 0 spiro atoms. The number of aliphatic hydroxyl groups excluding tert-OH is 1. The highest BCUT2D eigenvalue weighted by atomic mass is 35.5. The number of carbonyl (C=O) groups excluding carboxylic acids is 3. The Bertz CT molecular complexity index is 1090. The van der Waals surface area contributed by atoms with E-state index >= 15 is 0 Å². The van der Waals surface area contributed by atoms with Crippen molar-refractivity contribution in [1.29, 1.82) is 0 Å². The topological polar surface area (TPSA) is 123 Å². The number of rotatable bonds is 9. The van der Waals surface area contributed by atoms with Gasteiger partial charge in [0.1, 0.15) is 5.82 Å². The lowest BCUT2D eigenvalue weighted by Gasteiger charge is -2.15. The minimum Gasteiger partial charge on any atom is -0.454 e. The lowest BCUT2D eigenvalue weighted by molar-refractivity contribution is -0.150. The number of hydrogen-bond donors (Lipinski definition) is 3. The molecule has 0 aliphatic heterocycles. The summed E-state index contributed by atoms with van der Waals surface area (Å²) >= 11 is 6.17. The minimum absolute atomic E-state index is 0.322. The predicted molar refractivity (Wildman–Crippen MR) is 117 cm³/mol. The molecule has 10 heteroatoms. The molecule has 0 radical (unpaired) electrons. The van der Waals surface area contributed by atoms with Gasteiger partial charge in [0.15, 0.2) is 12.6 Å². The summed E-state index contributed by atoms with van der Waals surface area (Å²) < 4.78 is 6.48. The van der Waals surface area contributed by atoms with Crippen LogP contribution in [0, 0.1) is 0 Å². The Balaban J connectivity index is 1.52. The lowest BCUT2D eigenvalue weighted by atomic mass is 10.2. The van der Waals surface area contributed by atoms with E-state index in [1.165, 1.54) is 10.9 Å². The number of ether oxygens (including phenoxy) is 1. The fraction of sp³-hybridized carbons (Fsp3) is 0.182. The first kappa shape index (κ1) is 23.0. The van der Waals surface area contributed by atoms with Gasteiger partial charge in [0.25, 0.3) is 11.8 Å². The van der Waals surface area contributed by atoms with Crippen molar-refractivity contribution in [1.82, 2.24) is 15.1 Å². The van der Waals surface area contributed by atoms with E-state index in [2.05, 4.69) is 15.7 Å². The van der Waals surface area contributed by atoms with Crippen LogP contribution in [0.2, 0.25) is 5.02 Å². The molecule has 0 saturated carbocycles. The van der Waals surface area contributed by atoms with Crippen LogP contribution in [0.4, 0.5) is 5.82 Å². The molecule has 0 bridgehead atoms. The molecule has 166 valence electrons. The number of hydrogen-bond acceptors (Lipinski definition) is 6. The molecule has 9 nitrogen and oxygen atoms in total. The largest absolute Gasteiger partial charge is 0.454 e. The fourth-order valence-corrected chi connectivity index (χ4v) is 2.97. The summed E-state index contributed by atoms with van der Waals surface area (Å²) in [5, 5.41) is 19.1. The molecule has 3 aromatic rings. The van der Waals surface area contributed by atoms with E-state index in [0.29, 0.717) is 22.9 Å². The summed E-state index contributed by atoms with van der Waals surface area (Å²) in [6, 6.07) is 15.8. The van der Waals surface area contributed by atoms with Crippen LogP contribution >= 0.6 is 11.6 Å². The number of nitrogens with zero attached hydrogens (tertiary/aromatic N) is 2. The van der Waals surface area contributed by atoms with Gasteiger partial charge in [0, 0.05) is 16.7 Å². The number of aromatic nitrogens is 2. The van der Waals surface area contributed by atoms with Gasteiger partial charge in [-0.05, 0) is 23.8 Å². The molecular formula is C22H21ClN4O5. The highest BCUT2D eigenvalue weighted by Crippen LogP contribution is 2.18. The van der Waals surface area contributed by atoms with Crippen molar-refractivity contribution in [3.63, 3.8) is 0 Å². The molecule has 2 aromatic carbocycles. The number of esters is 1. The quantitative estimate of drug-likeness (QED) is 0.422. The second kappa shape index (κ2) is 11.1. The van der Waals surface area contributed by atoms with E-state index in [1.54, 1.807) is 42.5 Å². The molecule has 32 heavy (non-hydrogen) atoms. The Hall–Kier alpha value is -3.69. The summed E-state index contributed by atoms with van der Waals surface area (Å²) in [6.07, 6.45) is 1.51. The van der Waals surface area contributed by atoms with Gasteiger partial charge in [-0.1, -0.05) is 48.0 Å². The van der Waals surface area contributed by atoms with Gasteiger partial charge < -0.3 is 20.5 Å². The maximum Gasteiger partial charge on any atom is 0.331 e. The highest BCUT2D eigenvalue weighted by Gasteiger charge is 2.23. The maximum absolute atomic E-state index is 12.2. The summed E-state index contributed by atoms with van der Waals surface area (Å²) in [6.45, 7) is -0.947. The van der Waals surface area contributed by atoms with Crippen molar-refractivity contribution >= 4 is 35.2 Å². The molecule has 3 N–H and O–H groups in total. The van der Waals surface area contributed by atoms with Crippen LogP contribution in [-0.2, 0) is 20.9 Å². The first-order valence-electron chi connectivity index (χ1n) is 9.66. The summed E-state index contributed by atoms with van der Waals surface area (Å²) in [5.41, 5.74) is 1.14. The van der Waals surface area contributed by atoms with Crippen LogP contribution in [0.3, 0.4) is 0 Å². The average Bonchev–Trinajstić information content (AvgIpc) is 3.24. The third-order valence-electron chi connectivity index (χ3n) is 4.42. The van der Waals surface area contributed by atoms with E-state index in [4.69, 9.17) is 16.3 Å².